The average Bonchev–Trinajstić information content (AvgIpc) is 2.74. The van der Waals surface area contributed by atoms with E-state index in [9.17, 15) is 14.5 Å². The third-order valence-corrected chi connectivity index (χ3v) is 4.39. The van der Waals surface area contributed by atoms with Gasteiger partial charge in [0.05, 0.1) is 28.2 Å². The van der Waals surface area contributed by atoms with Crippen molar-refractivity contribution in [1.82, 2.24) is 0 Å². The van der Waals surface area contributed by atoms with E-state index in [1.165, 1.54) is 24.3 Å². The largest absolute Gasteiger partial charge is 0.361 e. The fraction of sp³-hybridized carbons (Fsp3) is 0. The fourth-order valence-electron chi connectivity index (χ4n) is 2.94. The summed E-state index contributed by atoms with van der Waals surface area (Å²) in [5.74, 6) is 0.907. The van der Waals surface area contributed by atoms with E-state index in [2.05, 4.69) is 0 Å². The molecule has 4 aromatic rings. The Morgan fingerprint density at radius 1 is 0.679 bits per heavy atom. The van der Waals surface area contributed by atoms with Gasteiger partial charge in [-0.2, -0.15) is 0 Å². The van der Waals surface area contributed by atoms with E-state index in [1.54, 1.807) is 24.3 Å². The van der Waals surface area contributed by atoms with Gasteiger partial charge in [-0.3, -0.25) is 10.1 Å². The number of nitrogens with zero attached hydrogens (tertiary/aromatic N) is 1. The molecule has 1 heterocycles. The quantitative estimate of drug-likeness (QED) is 0.230. The SMILES string of the molecule is O=[N+]([O-])c1ccc(-c2cc(-c3ccccc3)[o+]c(-c3ccc(F)cc3)c2)cc1. The van der Waals surface area contributed by atoms with Gasteiger partial charge < -0.3 is 0 Å². The molecule has 0 atom stereocenters. The van der Waals surface area contributed by atoms with Crippen molar-refractivity contribution in [3.8, 4) is 33.8 Å². The topological polar surface area (TPSA) is 54.4 Å². The molecule has 0 aliphatic heterocycles. The first-order chi connectivity index (χ1) is 13.6. The molecule has 3 aromatic carbocycles. The maximum absolute atomic E-state index is 13.3. The number of hydrogen-bond acceptors (Lipinski definition) is 2. The molecule has 0 bridgehead atoms. The molecule has 1 aromatic heterocycles. The minimum Gasteiger partial charge on any atom is -0.258 e. The molecule has 0 aliphatic rings. The maximum Gasteiger partial charge on any atom is 0.361 e. The highest BCUT2D eigenvalue weighted by molar-refractivity contribution is 5.75. The van der Waals surface area contributed by atoms with Crippen molar-refractivity contribution in [2.24, 2.45) is 0 Å². The van der Waals surface area contributed by atoms with Gasteiger partial charge in [0.1, 0.15) is 5.82 Å². The molecule has 4 nitrogen and oxygen atoms in total. The second-order valence-corrected chi connectivity index (χ2v) is 6.25. The molecule has 28 heavy (non-hydrogen) atoms. The van der Waals surface area contributed by atoms with Gasteiger partial charge in [-0.05, 0) is 54.1 Å². The first-order valence-corrected chi connectivity index (χ1v) is 8.64. The zero-order valence-corrected chi connectivity index (χ0v) is 14.7. The number of hydrogen-bond donors (Lipinski definition) is 0. The fourth-order valence-corrected chi connectivity index (χ4v) is 2.94. The predicted molar refractivity (Wildman–Crippen MR) is 106 cm³/mol. The second kappa shape index (κ2) is 7.40. The van der Waals surface area contributed by atoms with Gasteiger partial charge in [0.15, 0.2) is 0 Å². The van der Waals surface area contributed by atoms with E-state index < -0.39 is 4.92 Å². The van der Waals surface area contributed by atoms with Crippen LogP contribution in [-0.4, -0.2) is 4.92 Å². The normalized spacial score (nSPS) is 10.6. The summed E-state index contributed by atoms with van der Waals surface area (Å²) in [6.07, 6.45) is 0. The van der Waals surface area contributed by atoms with Gasteiger partial charge in [-0.1, -0.05) is 18.2 Å². The summed E-state index contributed by atoms with van der Waals surface area (Å²) >= 11 is 0. The molecule has 0 amide bonds. The Hall–Kier alpha value is -3.86. The molecule has 136 valence electrons. The van der Waals surface area contributed by atoms with E-state index in [-0.39, 0.29) is 11.5 Å². The lowest BCUT2D eigenvalue weighted by Crippen LogP contribution is -1.89. The van der Waals surface area contributed by atoms with Crippen molar-refractivity contribution in [2.75, 3.05) is 0 Å². The Morgan fingerprint density at radius 3 is 1.79 bits per heavy atom. The van der Waals surface area contributed by atoms with Crippen LogP contribution in [0.25, 0.3) is 33.8 Å². The van der Waals surface area contributed by atoms with Gasteiger partial charge >= 0.3 is 11.5 Å². The first kappa shape index (κ1) is 17.5. The van der Waals surface area contributed by atoms with Gasteiger partial charge in [0.2, 0.25) is 0 Å². The van der Waals surface area contributed by atoms with Gasteiger partial charge in [0.25, 0.3) is 5.69 Å². The minimum atomic E-state index is -0.427. The Morgan fingerprint density at radius 2 is 1.21 bits per heavy atom. The lowest BCUT2D eigenvalue weighted by atomic mass is 10.0. The van der Waals surface area contributed by atoms with Crippen LogP contribution in [0, 0.1) is 15.9 Å². The van der Waals surface area contributed by atoms with E-state index in [4.69, 9.17) is 4.42 Å². The van der Waals surface area contributed by atoms with Gasteiger partial charge in [0, 0.05) is 17.7 Å². The Kier molecular flexibility index (Phi) is 4.64. The van der Waals surface area contributed by atoms with Crippen LogP contribution in [0.2, 0.25) is 0 Å². The Labute approximate surface area is 160 Å². The van der Waals surface area contributed by atoms with Crippen molar-refractivity contribution in [2.45, 2.75) is 0 Å². The Balaban J connectivity index is 1.86. The van der Waals surface area contributed by atoms with Crippen molar-refractivity contribution in [3.63, 3.8) is 0 Å². The molecule has 0 fully saturated rings. The number of nitro groups is 1. The van der Waals surface area contributed by atoms with Gasteiger partial charge in [-0.15, -0.1) is 0 Å². The van der Waals surface area contributed by atoms with E-state index in [0.29, 0.717) is 11.5 Å². The van der Waals surface area contributed by atoms with Crippen molar-refractivity contribution in [3.05, 3.63) is 107 Å². The summed E-state index contributed by atoms with van der Waals surface area (Å²) in [5.41, 5.74) is 3.34. The van der Waals surface area contributed by atoms with Crippen molar-refractivity contribution in [1.29, 1.82) is 0 Å². The van der Waals surface area contributed by atoms with E-state index >= 15 is 0 Å². The van der Waals surface area contributed by atoms with Crippen molar-refractivity contribution < 1.29 is 13.7 Å². The molecule has 0 radical (unpaired) electrons. The molecule has 0 saturated carbocycles. The second-order valence-electron chi connectivity index (χ2n) is 6.25. The number of non-ortho nitro benzene ring substituents is 1. The first-order valence-electron chi connectivity index (χ1n) is 8.64. The van der Waals surface area contributed by atoms with E-state index in [1.807, 2.05) is 42.5 Å². The summed E-state index contributed by atoms with van der Waals surface area (Å²) in [6, 6.07) is 25.8. The Bertz CT molecular complexity index is 1120. The molecule has 5 heteroatoms. The molecule has 0 saturated heterocycles. The predicted octanol–water partition coefficient (Wildman–Crippen LogP) is 6.61. The molecule has 0 N–H and O–H groups in total. The minimum absolute atomic E-state index is 0.0337. The van der Waals surface area contributed by atoms with Crippen LogP contribution < -0.4 is 0 Å². The van der Waals surface area contributed by atoms with Crippen LogP contribution in [-0.2, 0) is 0 Å². The molecule has 0 aliphatic carbocycles. The summed E-state index contributed by atoms with van der Waals surface area (Å²) in [6.45, 7) is 0. The summed E-state index contributed by atoms with van der Waals surface area (Å²) in [4.78, 5) is 10.5. The monoisotopic (exact) mass is 372 g/mol. The zero-order chi connectivity index (χ0) is 19.5. The summed E-state index contributed by atoms with van der Waals surface area (Å²) in [5, 5.41) is 10.9. The van der Waals surface area contributed by atoms with Crippen LogP contribution in [0.5, 0.6) is 0 Å². The molecule has 4 rings (SSSR count). The third kappa shape index (κ3) is 3.64. The molecule has 0 unspecified atom stereocenters. The van der Waals surface area contributed by atoms with Crippen LogP contribution in [0.4, 0.5) is 10.1 Å². The molecular formula is C23H15FNO3+. The van der Waals surface area contributed by atoms with Crippen LogP contribution in [0.3, 0.4) is 0 Å². The number of benzene rings is 3. The van der Waals surface area contributed by atoms with Crippen molar-refractivity contribution >= 4 is 5.69 Å². The van der Waals surface area contributed by atoms with E-state index in [0.717, 1.165) is 22.3 Å². The summed E-state index contributed by atoms with van der Waals surface area (Å²) < 4.78 is 19.4. The smallest absolute Gasteiger partial charge is 0.258 e. The molecular weight excluding hydrogens is 357 g/mol. The van der Waals surface area contributed by atoms with Crippen LogP contribution >= 0.6 is 0 Å². The lowest BCUT2D eigenvalue weighted by Gasteiger charge is -2.02. The molecule has 0 spiro atoms. The number of rotatable bonds is 4. The zero-order valence-electron chi connectivity index (χ0n) is 14.7. The summed E-state index contributed by atoms with van der Waals surface area (Å²) in [7, 11) is 0. The third-order valence-electron chi connectivity index (χ3n) is 4.39. The van der Waals surface area contributed by atoms with Gasteiger partial charge in [-0.25, -0.2) is 8.81 Å². The highest BCUT2D eigenvalue weighted by Gasteiger charge is 2.21. The van der Waals surface area contributed by atoms with Crippen LogP contribution in [0.15, 0.2) is 95.4 Å². The lowest BCUT2D eigenvalue weighted by molar-refractivity contribution is -0.384. The standard InChI is InChI=1S/C23H15FNO3/c24-20-10-6-18(7-11-20)23-15-19(16-8-12-21(13-9-16)25(26)27)14-22(28-23)17-4-2-1-3-5-17/h1-15H/q+1. The highest BCUT2D eigenvalue weighted by atomic mass is 19.1. The average molecular weight is 372 g/mol. The number of halogens is 1. The highest BCUT2D eigenvalue weighted by Crippen LogP contribution is 2.33. The van der Waals surface area contributed by atoms with Crippen LogP contribution in [0.1, 0.15) is 0 Å². The number of nitro benzene ring substituents is 1. The maximum atomic E-state index is 13.3.